The molecule has 6 heterocycles. The van der Waals surface area contributed by atoms with Gasteiger partial charge in [0.05, 0.1) is 15.6 Å². The van der Waals surface area contributed by atoms with Crippen LogP contribution < -0.4 is 48.5 Å². The molecule has 486 valence electrons. The van der Waals surface area contributed by atoms with Crippen LogP contribution in [-0.2, 0) is 34.8 Å². The highest BCUT2D eigenvalue weighted by atomic mass is 35.5. The van der Waals surface area contributed by atoms with Crippen LogP contribution in [0.25, 0.3) is 66.5 Å². The van der Waals surface area contributed by atoms with Crippen molar-refractivity contribution in [2.45, 2.75) is 40.5 Å². The van der Waals surface area contributed by atoms with Crippen LogP contribution in [0.2, 0.25) is 10.0 Å². The fourth-order valence-electron chi connectivity index (χ4n) is 11.1. The lowest BCUT2D eigenvalue weighted by Crippen LogP contribution is -2.20. The molecule has 0 fully saturated rings. The van der Waals surface area contributed by atoms with Gasteiger partial charge in [0.1, 0.15) is 38.4 Å². The summed E-state index contributed by atoms with van der Waals surface area (Å²) in [5.41, 5.74) is 9.51. The highest BCUT2D eigenvalue weighted by Gasteiger charge is 2.24. The van der Waals surface area contributed by atoms with Gasteiger partial charge in [-0.3, -0.25) is 28.1 Å². The van der Waals surface area contributed by atoms with Crippen LogP contribution in [0.15, 0.2) is 191 Å². The molecule has 0 aliphatic carbocycles. The highest BCUT2D eigenvalue weighted by molar-refractivity contribution is 7.71. The highest BCUT2D eigenvalue weighted by Crippen LogP contribution is 2.46. The molecule has 6 aromatic carbocycles. The molecule has 0 aliphatic rings. The van der Waals surface area contributed by atoms with E-state index in [1.165, 1.54) is 4.57 Å². The molecule has 6 aromatic heterocycles. The molecule has 0 saturated heterocycles. The largest absolute Gasteiger partial charge is 0.324 e. The minimum Gasteiger partial charge on any atom is -0.324 e. The number of aryl methyl sites for hydroxylation is 5. The molecular formula is C72H73Cl2N12O6P3. The van der Waals surface area contributed by atoms with Gasteiger partial charge in [-0.2, -0.15) is 15.0 Å². The van der Waals surface area contributed by atoms with Crippen LogP contribution in [0.1, 0.15) is 37.8 Å². The van der Waals surface area contributed by atoms with Crippen LogP contribution in [0.4, 0.5) is 34.9 Å². The summed E-state index contributed by atoms with van der Waals surface area (Å²) in [6, 6.07) is 48.6. The number of rotatable bonds is 16. The monoisotopic (exact) mass is 1360 g/mol. The van der Waals surface area contributed by atoms with Crippen molar-refractivity contribution in [3.63, 3.8) is 0 Å². The van der Waals surface area contributed by atoms with Crippen molar-refractivity contribution < 1.29 is 13.7 Å². The molecule has 0 amide bonds. The molecular weight excluding hydrogens is 1290 g/mol. The average molecular weight is 1370 g/mol. The molecule has 0 radical (unpaired) electrons. The Hall–Kier alpha value is -9.14. The predicted octanol–water partition coefficient (Wildman–Crippen LogP) is 15.4. The van der Waals surface area contributed by atoms with Gasteiger partial charge in [0, 0.05) is 118 Å². The second-order valence-electron chi connectivity index (χ2n) is 24.0. The zero-order valence-corrected chi connectivity index (χ0v) is 58.8. The fraction of sp³-hybridized carbons (Fsp3) is 0.208. The Morgan fingerprint density at radius 1 is 0.411 bits per heavy atom. The summed E-state index contributed by atoms with van der Waals surface area (Å²) in [7, 11) is -1.87. The first-order valence-corrected chi connectivity index (χ1v) is 38.8. The summed E-state index contributed by atoms with van der Waals surface area (Å²) in [6.07, 6.45) is 8.38. The van der Waals surface area contributed by atoms with Gasteiger partial charge in [-0.1, -0.05) is 91.6 Å². The molecule has 0 aliphatic heterocycles. The van der Waals surface area contributed by atoms with E-state index < -0.39 is 21.4 Å². The smallest absolute Gasteiger partial charge is 0.259 e. The molecule has 95 heavy (non-hydrogen) atoms. The molecule has 0 saturated carbocycles. The van der Waals surface area contributed by atoms with E-state index >= 15 is 0 Å². The fourth-order valence-corrected chi connectivity index (χ4v) is 16.3. The maximum absolute atomic E-state index is 13.4. The lowest BCUT2D eigenvalue weighted by molar-refractivity contribution is 0.579. The molecule has 23 heteroatoms. The third-order valence-electron chi connectivity index (χ3n) is 16.2. The molecule has 18 nitrogen and oxygen atoms in total. The summed E-state index contributed by atoms with van der Waals surface area (Å²) >= 11 is 12.6. The number of pyridine rings is 3. The van der Waals surface area contributed by atoms with Crippen molar-refractivity contribution >= 4 is 129 Å². The van der Waals surface area contributed by atoms with E-state index in [4.69, 9.17) is 23.2 Å². The van der Waals surface area contributed by atoms with Crippen molar-refractivity contribution in [1.29, 1.82) is 0 Å². The quantitative estimate of drug-likeness (QED) is 0.0764. The number of halogens is 2. The Balaban J connectivity index is 0.000000156. The van der Waals surface area contributed by atoms with Crippen LogP contribution in [0.3, 0.4) is 0 Å². The van der Waals surface area contributed by atoms with Crippen molar-refractivity contribution in [2.75, 3.05) is 54.9 Å². The van der Waals surface area contributed by atoms with E-state index in [2.05, 4.69) is 59.7 Å². The first-order chi connectivity index (χ1) is 45.2. The lowest BCUT2D eigenvalue weighted by Gasteiger charge is -2.18. The van der Waals surface area contributed by atoms with Crippen molar-refractivity contribution in [2.24, 2.45) is 21.1 Å². The van der Waals surface area contributed by atoms with Gasteiger partial charge in [0.15, 0.2) is 0 Å². The lowest BCUT2D eigenvalue weighted by atomic mass is 10.0. The first kappa shape index (κ1) is 68.7. The third-order valence-corrected chi connectivity index (χ3v) is 23.5. The first-order valence-electron chi connectivity index (χ1n) is 30.7. The maximum Gasteiger partial charge on any atom is 0.259 e. The van der Waals surface area contributed by atoms with Crippen LogP contribution in [0, 0.1) is 13.8 Å². The molecule has 0 unspecified atom stereocenters. The number of hydrogen-bond acceptors (Lipinski definition) is 15. The van der Waals surface area contributed by atoms with E-state index in [9.17, 15) is 28.1 Å². The van der Waals surface area contributed by atoms with E-state index in [-0.39, 0.29) is 16.7 Å². The van der Waals surface area contributed by atoms with Gasteiger partial charge in [-0.25, -0.2) is 15.0 Å². The zero-order chi connectivity index (χ0) is 68.1. The number of benzene rings is 6. The number of nitrogens with one attached hydrogen (secondary N) is 3. The summed E-state index contributed by atoms with van der Waals surface area (Å²) in [6.45, 7) is 15.1. The Kier molecular flexibility index (Phi) is 20.9. The Morgan fingerprint density at radius 3 is 1.05 bits per heavy atom. The van der Waals surface area contributed by atoms with Gasteiger partial charge in [-0.05, 0) is 179 Å². The number of fused-ring (bicyclic) bond motifs is 3. The van der Waals surface area contributed by atoms with Gasteiger partial charge < -0.3 is 29.6 Å². The van der Waals surface area contributed by atoms with E-state index in [0.29, 0.717) is 72.5 Å². The van der Waals surface area contributed by atoms with Crippen molar-refractivity contribution in [3.8, 4) is 33.4 Å². The summed E-state index contributed by atoms with van der Waals surface area (Å²) < 4.78 is 42.3. The maximum atomic E-state index is 13.4. The third kappa shape index (κ3) is 15.5. The van der Waals surface area contributed by atoms with E-state index in [1.54, 1.807) is 99.8 Å². The number of anilines is 6. The van der Waals surface area contributed by atoms with Crippen LogP contribution in [0.5, 0.6) is 0 Å². The Morgan fingerprint density at radius 2 is 0.726 bits per heavy atom. The average Bonchev–Trinajstić information content (AvgIpc) is 0.822. The summed E-state index contributed by atoms with van der Waals surface area (Å²) in [5, 5.41) is 15.1. The summed E-state index contributed by atoms with van der Waals surface area (Å²) in [5.74, 6) is 1.14. The molecule has 12 aromatic rings. The topological polar surface area (TPSA) is 231 Å². The van der Waals surface area contributed by atoms with Crippen molar-refractivity contribution in [1.82, 2.24) is 43.6 Å². The van der Waals surface area contributed by atoms with Gasteiger partial charge in [-0.15, -0.1) is 0 Å². The zero-order valence-electron chi connectivity index (χ0n) is 54.6. The summed E-state index contributed by atoms with van der Waals surface area (Å²) in [4.78, 5) is 66.0. The van der Waals surface area contributed by atoms with E-state index in [0.717, 1.165) is 91.2 Å². The van der Waals surface area contributed by atoms with E-state index in [1.807, 2.05) is 147 Å². The number of nitrogens with zero attached hydrogens (tertiary/aromatic N) is 9. The molecule has 0 spiro atoms. The van der Waals surface area contributed by atoms with Crippen LogP contribution in [-0.4, -0.2) is 82.6 Å². The standard InChI is InChI=1S/C27H31N4O2P.C23H23N4O2P.C22H19Cl2N4O2P/c1-5-15-34(33,16-6-2)22-13-11-21(12-14-22)29-27-28-18-20-17-24(23-10-8-7-9-19(23)3)26(32)31(4)25(20)30-27;1-15-7-5-6-8-19(15)20-13-16-14-24-23(26-21(16)27(2)22(20)28)25-17-9-11-18(12-10-17)30(3,4)29;1-28-20-13(11-16(21(28)29)19-17(23)5-4-6-18(19)24)12-25-22(27-20)26-14-7-9-15(10-8-14)31(2,3)30/h7-14,17-18H,5-6,15-16H2,1-4H3,(H,28,29,30);5-14H,1-4H3,(H,24,25,26);4-12H,1-3H3,(H,25,26,27). The molecule has 0 bridgehead atoms. The second-order valence-corrected chi connectivity index (χ2v) is 34.4. The SMILES string of the molecule is CCCP(=O)(CCC)c1ccc(Nc2ncc3cc(-c4ccccc4C)c(=O)n(C)c3n2)cc1.Cc1ccccc1-c1cc2cnc(Nc3ccc(P(C)(C)=O)cc3)nc2n(C)c1=O.Cn1c(=O)c(-c2c(Cl)cccc2Cl)cc2cnc(Nc3ccc(P(C)(C)=O)cc3)nc21. The minimum atomic E-state index is -2.35. The Bertz CT molecular complexity index is 5200. The second kappa shape index (κ2) is 28.8. The van der Waals surface area contributed by atoms with Gasteiger partial charge in [0.2, 0.25) is 17.8 Å². The van der Waals surface area contributed by atoms with Gasteiger partial charge >= 0.3 is 0 Å². The molecule has 3 N–H and O–H groups in total. The number of hydrogen-bond donors (Lipinski definition) is 3. The Labute approximate surface area is 561 Å². The van der Waals surface area contributed by atoms with Crippen LogP contribution >= 0.6 is 44.6 Å². The van der Waals surface area contributed by atoms with Gasteiger partial charge in [0.25, 0.3) is 16.7 Å². The van der Waals surface area contributed by atoms with Crippen molar-refractivity contribution in [3.05, 3.63) is 229 Å². The molecule has 12 rings (SSSR count). The minimum absolute atomic E-state index is 0.0987. The number of aromatic nitrogens is 9. The molecule has 0 atom stereocenters. The normalized spacial score (nSPS) is 11.6. The predicted molar refractivity (Wildman–Crippen MR) is 395 cm³/mol.